The lowest BCUT2D eigenvalue weighted by Crippen LogP contribution is -2.30. The number of hydrogen-bond acceptors (Lipinski definition) is 2. The fraction of sp³-hybridized carbons (Fsp3) is 0.353. The first kappa shape index (κ1) is 14.5. The van der Waals surface area contributed by atoms with Crippen LogP contribution in [0.25, 0.3) is 0 Å². The molecule has 1 atom stereocenters. The van der Waals surface area contributed by atoms with E-state index in [4.69, 9.17) is 0 Å². The molecule has 0 bridgehead atoms. The summed E-state index contributed by atoms with van der Waals surface area (Å²) in [6, 6.07) is 13.8. The summed E-state index contributed by atoms with van der Waals surface area (Å²) in [5.74, 6) is 0. The Bertz CT molecular complexity index is 604. The lowest BCUT2D eigenvalue weighted by molar-refractivity contribution is 0.454. The van der Waals surface area contributed by atoms with Crippen LogP contribution in [0.15, 0.2) is 53.5 Å². The van der Waals surface area contributed by atoms with Gasteiger partial charge in [-0.1, -0.05) is 37.3 Å². The maximum atomic E-state index is 11.9. The van der Waals surface area contributed by atoms with Crippen molar-refractivity contribution < 1.29 is 0 Å². The molecule has 1 aromatic carbocycles. The molecule has 20 heavy (non-hydrogen) atoms. The topological polar surface area (TPSA) is 34.0 Å². The molecule has 1 heterocycles. The van der Waals surface area contributed by atoms with Crippen molar-refractivity contribution in [2.75, 3.05) is 6.54 Å². The van der Waals surface area contributed by atoms with E-state index in [-0.39, 0.29) is 11.6 Å². The van der Waals surface area contributed by atoms with Crippen molar-refractivity contribution in [3.63, 3.8) is 0 Å². The standard InChI is InChI=1S/C17H22N2O/c1-3-11-18-16(15-9-5-4-8-14(15)2)13-19-12-7-6-10-17(19)20/h4-10,12,16,18H,3,11,13H2,1-2H3. The highest BCUT2D eigenvalue weighted by Crippen LogP contribution is 2.18. The minimum atomic E-state index is 0.0457. The number of rotatable bonds is 6. The average molecular weight is 270 g/mol. The molecule has 0 spiro atoms. The maximum absolute atomic E-state index is 11.9. The Morgan fingerprint density at radius 1 is 1.15 bits per heavy atom. The third-order valence-electron chi connectivity index (χ3n) is 3.48. The van der Waals surface area contributed by atoms with E-state index in [0.29, 0.717) is 6.54 Å². The van der Waals surface area contributed by atoms with Crippen LogP contribution < -0.4 is 10.9 Å². The Morgan fingerprint density at radius 2 is 1.90 bits per heavy atom. The maximum Gasteiger partial charge on any atom is 0.250 e. The molecule has 0 amide bonds. The van der Waals surface area contributed by atoms with E-state index in [1.54, 1.807) is 16.7 Å². The molecule has 0 saturated heterocycles. The van der Waals surface area contributed by atoms with Crippen molar-refractivity contribution >= 4 is 0 Å². The molecule has 0 radical (unpaired) electrons. The molecular weight excluding hydrogens is 248 g/mol. The molecule has 3 nitrogen and oxygen atoms in total. The van der Waals surface area contributed by atoms with E-state index in [9.17, 15) is 4.79 Å². The zero-order valence-corrected chi connectivity index (χ0v) is 12.2. The van der Waals surface area contributed by atoms with Crippen molar-refractivity contribution in [2.45, 2.75) is 32.9 Å². The van der Waals surface area contributed by atoms with Crippen LogP contribution in [0.2, 0.25) is 0 Å². The van der Waals surface area contributed by atoms with E-state index < -0.39 is 0 Å². The summed E-state index contributed by atoms with van der Waals surface area (Å²) >= 11 is 0. The van der Waals surface area contributed by atoms with Crippen LogP contribution in [0.3, 0.4) is 0 Å². The third-order valence-corrected chi connectivity index (χ3v) is 3.48. The second kappa shape index (κ2) is 7.06. The summed E-state index contributed by atoms with van der Waals surface area (Å²) in [6.07, 6.45) is 2.92. The summed E-state index contributed by atoms with van der Waals surface area (Å²) < 4.78 is 1.76. The number of aromatic nitrogens is 1. The Kier molecular flexibility index (Phi) is 5.13. The first-order valence-electron chi connectivity index (χ1n) is 7.16. The predicted molar refractivity (Wildman–Crippen MR) is 82.9 cm³/mol. The van der Waals surface area contributed by atoms with Crippen molar-refractivity contribution in [3.05, 3.63) is 70.1 Å². The minimum absolute atomic E-state index is 0.0457. The second-order valence-corrected chi connectivity index (χ2v) is 5.05. The number of nitrogens with zero attached hydrogens (tertiary/aromatic N) is 1. The van der Waals surface area contributed by atoms with Gasteiger partial charge in [-0.25, -0.2) is 0 Å². The summed E-state index contributed by atoms with van der Waals surface area (Å²) in [4.78, 5) is 11.9. The molecule has 0 aliphatic carbocycles. The molecule has 2 aromatic rings. The van der Waals surface area contributed by atoms with Gasteiger partial charge < -0.3 is 9.88 Å². The fourth-order valence-electron chi connectivity index (χ4n) is 2.38. The first-order valence-corrected chi connectivity index (χ1v) is 7.16. The zero-order valence-electron chi connectivity index (χ0n) is 12.2. The third kappa shape index (κ3) is 3.58. The lowest BCUT2D eigenvalue weighted by Gasteiger charge is -2.22. The van der Waals surface area contributed by atoms with Crippen LogP contribution in [0.1, 0.15) is 30.5 Å². The van der Waals surface area contributed by atoms with Crippen LogP contribution in [-0.2, 0) is 6.54 Å². The molecule has 1 aromatic heterocycles. The monoisotopic (exact) mass is 270 g/mol. The molecule has 0 aliphatic rings. The number of nitrogens with one attached hydrogen (secondary N) is 1. The lowest BCUT2D eigenvalue weighted by atomic mass is 10.0. The highest BCUT2D eigenvalue weighted by Gasteiger charge is 2.13. The normalized spacial score (nSPS) is 12.3. The quantitative estimate of drug-likeness (QED) is 0.875. The zero-order chi connectivity index (χ0) is 14.4. The molecule has 0 fully saturated rings. The number of benzene rings is 1. The largest absolute Gasteiger partial charge is 0.314 e. The number of aryl methyl sites for hydroxylation is 1. The Balaban J connectivity index is 2.27. The average Bonchev–Trinajstić information content (AvgIpc) is 2.46. The molecular formula is C17H22N2O. The van der Waals surface area contributed by atoms with Gasteiger partial charge in [0.25, 0.3) is 5.56 Å². The molecule has 2 rings (SSSR count). The van der Waals surface area contributed by atoms with Gasteiger partial charge in [-0.05, 0) is 37.1 Å². The van der Waals surface area contributed by atoms with E-state index >= 15 is 0 Å². The van der Waals surface area contributed by atoms with Crippen LogP contribution in [-0.4, -0.2) is 11.1 Å². The number of hydrogen-bond donors (Lipinski definition) is 1. The van der Waals surface area contributed by atoms with Crippen molar-refractivity contribution in [1.29, 1.82) is 0 Å². The van der Waals surface area contributed by atoms with Gasteiger partial charge in [-0.15, -0.1) is 0 Å². The van der Waals surface area contributed by atoms with Gasteiger partial charge >= 0.3 is 0 Å². The SMILES string of the molecule is CCCNC(Cn1ccccc1=O)c1ccccc1C. The van der Waals surface area contributed by atoms with E-state index in [1.165, 1.54) is 11.1 Å². The van der Waals surface area contributed by atoms with E-state index in [2.05, 4.69) is 37.4 Å². The van der Waals surface area contributed by atoms with Gasteiger partial charge in [0, 0.05) is 18.8 Å². The smallest absolute Gasteiger partial charge is 0.250 e. The van der Waals surface area contributed by atoms with Crippen LogP contribution in [0.5, 0.6) is 0 Å². The highest BCUT2D eigenvalue weighted by atomic mass is 16.1. The van der Waals surface area contributed by atoms with Crippen LogP contribution in [0.4, 0.5) is 0 Å². The van der Waals surface area contributed by atoms with Gasteiger partial charge in [-0.3, -0.25) is 4.79 Å². The summed E-state index contributed by atoms with van der Waals surface area (Å²) in [6.45, 7) is 5.87. The van der Waals surface area contributed by atoms with Crippen molar-refractivity contribution in [3.8, 4) is 0 Å². The Morgan fingerprint density at radius 3 is 2.60 bits per heavy atom. The minimum Gasteiger partial charge on any atom is -0.314 e. The molecule has 0 saturated carbocycles. The first-order chi connectivity index (χ1) is 9.72. The van der Waals surface area contributed by atoms with Crippen LogP contribution >= 0.6 is 0 Å². The van der Waals surface area contributed by atoms with Crippen molar-refractivity contribution in [1.82, 2.24) is 9.88 Å². The van der Waals surface area contributed by atoms with Gasteiger partial charge in [-0.2, -0.15) is 0 Å². The Hall–Kier alpha value is -1.87. The fourth-order valence-corrected chi connectivity index (χ4v) is 2.38. The van der Waals surface area contributed by atoms with Gasteiger partial charge in [0.2, 0.25) is 0 Å². The molecule has 0 aliphatic heterocycles. The summed E-state index contributed by atoms with van der Waals surface area (Å²) in [7, 11) is 0. The summed E-state index contributed by atoms with van der Waals surface area (Å²) in [5.41, 5.74) is 2.56. The van der Waals surface area contributed by atoms with E-state index in [1.807, 2.05) is 18.3 Å². The van der Waals surface area contributed by atoms with Gasteiger partial charge in [0.1, 0.15) is 0 Å². The van der Waals surface area contributed by atoms with E-state index in [0.717, 1.165) is 13.0 Å². The highest BCUT2D eigenvalue weighted by molar-refractivity contribution is 5.28. The van der Waals surface area contributed by atoms with Gasteiger partial charge in [0.05, 0.1) is 6.04 Å². The second-order valence-electron chi connectivity index (χ2n) is 5.05. The molecule has 106 valence electrons. The number of pyridine rings is 1. The molecule has 3 heteroatoms. The molecule has 1 N–H and O–H groups in total. The van der Waals surface area contributed by atoms with Crippen molar-refractivity contribution in [2.24, 2.45) is 0 Å². The van der Waals surface area contributed by atoms with Crippen LogP contribution in [0, 0.1) is 6.92 Å². The summed E-state index contributed by atoms with van der Waals surface area (Å²) in [5, 5.41) is 3.54. The predicted octanol–water partition coefficient (Wildman–Crippen LogP) is 2.90. The van der Waals surface area contributed by atoms with Gasteiger partial charge in [0.15, 0.2) is 0 Å². The molecule has 1 unspecified atom stereocenters. The Labute approximate surface area is 120 Å².